The number of nitrogens with one attached hydrogen (secondary N) is 1. The summed E-state index contributed by atoms with van der Waals surface area (Å²) in [7, 11) is 0. The normalized spacial score (nSPS) is 10.7. The van der Waals surface area contributed by atoms with Crippen LogP contribution in [0, 0.1) is 5.82 Å². The second-order valence-electron chi connectivity index (χ2n) is 6.02. The van der Waals surface area contributed by atoms with Crippen LogP contribution in [0.2, 0.25) is 0 Å². The highest BCUT2D eigenvalue weighted by molar-refractivity contribution is 5.76. The van der Waals surface area contributed by atoms with Gasteiger partial charge in [-0.15, -0.1) is 0 Å². The highest BCUT2D eigenvalue weighted by Gasteiger charge is 2.07. The van der Waals surface area contributed by atoms with Crippen molar-refractivity contribution in [2.75, 3.05) is 13.2 Å². The van der Waals surface area contributed by atoms with E-state index in [1.165, 1.54) is 17.7 Å². The lowest BCUT2D eigenvalue weighted by Gasteiger charge is -2.14. The van der Waals surface area contributed by atoms with E-state index in [0.717, 1.165) is 11.3 Å². The molecule has 1 N–H and O–H groups in total. The van der Waals surface area contributed by atoms with E-state index < -0.39 is 0 Å². The van der Waals surface area contributed by atoms with Gasteiger partial charge in [-0.25, -0.2) is 4.39 Å². The van der Waals surface area contributed by atoms with Crippen LogP contribution >= 0.6 is 0 Å². The third-order valence-corrected chi connectivity index (χ3v) is 3.78. The first-order valence-electron chi connectivity index (χ1n) is 8.29. The van der Waals surface area contributed by atoms with Crippen LogP contribution in [0.3, 0.4) is 0 Å². The van der Waals surface area contributed by atoms with Gasteiger partial charge >= 0.3 is 0 Å². The van der Waals surface area contributed by atoms with Crippen LogP contribution in [0.5, 0.6) is 5.75 Å². The molecular formula is C20H24FNO2. The number of carbonyl (C=O) groups excluding carboxylic acids is 1. The minimum Gasteiger partial charge on any atom is -0.491 e. The van der Waals surface area contributed by atoms with E-state index in [1.54, 1.807) is 12.1 Å². The topological polar surface area (TPSA) is 38.3 Å². The first-order chi connectivity index (χ1) is 11.6. The van der Waals surface area contributed by atoms with Crippen molar-refractivity contribution in [2.45, 2.75) is 32.6 Å². The Hall–Kier alpha value is -2.36. The van der Waals surface area contributed by atoms with Crippen molar-refractivity contribution in [1.29, 1.82) is 0 Å². The number of aryl methyl sites for hydroxylation is 1. The monoisotopic (exact) mass is 329 g/mol. The van der Waals surface area contributed by atoms with Gasteiger partial charge in [0.05, 0.1) is 6.54 Å². The average molecular weight is 329 g/mol. The molecule has 0 bridgehead atoms. The van der Waals surface area contributed by atoms with Crippen LogP contribution in [-0.4, -0.2) is 19.1 Å². The minimum atomic E-state index is -0.262. The highest BCUT2D eigenvalue weighted by Crippen LogP contribution is 2.25. The zero-order valence-electron chi connectivity index (χ0n) is 14.2. The number of para-hydroxylation sites is 1. The van der Waals surface area contributed by atoms with Crippen molar-refractivity contribution < 1.29 is 13.9 Å². The summed E-state index contributed by atoms with van der Waals surface area (Å²) in [5, 5.41) is 2.85. The molecule has 0 saturated carbocycles. The predicted octanol–water partition coefficient (Wildman–Crippen LogP) is 4.08. The Labute approximate surface area is 142 Å². The summed E-state index contributed by atoms with van der Waals surface area (Å²) in [6, 6.07) is 14.2. The molecule has 2 aromatic carbocycles. The number of benzene rings is 2. The Morgan fingerprint density at radius 3 is 2.54 bits per heavy atom. The Bertz CT molecular complexity index is 653. The molecule has 0 aliphatic heterocycles. The second kappa shape index (κ2) is 9.06. The van der Waals surface area contributed by atoms with Gasteiger partial charge in [-0.05, 0) is 41.7 Å². The quantitative estimate of drug-likeness (QED) is 0.741. The third kappa shape index (κ3) is 5.69. The molecule has 0 unspecified atom stereocenters. The third-order valence-electron chi connectivity index (χ3n) is 3.78. The molecule has 2 aromatic rings. The van der Waals surface area contributed by atoms with Crippen LogP contribution in [-0.2, 0) is 11.2 Å². The van der Waals surface area contributed by atoms with Gasteiger partial charge in [-0.3, -0.25) is 4.79 Å². The van der Waals surface area contributed by atoms with Crippen molar-refractivity contribution in [2.24, 2.45) is 0 Å². The molecular weight excluding hydrogens is 305 g/mol. The second-order valence-corrected chi connectivity index (χ2v) is 6.02. The fraction of sp³-hybridized carbons (Fsp3) is 0.350. The summed E-state index contributed by atoms with van der Waals surface area (Å²) >= 11 is 0. The molecule has 1 amide bonds. The number of hydrogen-bond acceptors (Lipinski definition) is 2. The molecule has 4 heteroatoms. The van der Waals surface area contributed by atoms with Crippen molar-refractivity contribution >= 4 is 5.91 Å². The van der Waals surface area contributed by atoms with Gasteiger partial charge in [0.1, 0.15) is 18.2 Å². The van der Waals surface area contributed by atoms with Crippen LogP contribution in [0.25, 0.3) is 0 Å². The van der Waals surface area contributed by atoms with Crippen molar-refractivity contribution in [1.82, 2.24) is 5.32 Å². The molecule has 3 nitrogen and oxygen atoms in total. The molecule has 0 heterocycles. The molecule has 0 aliphatic rings. The summed E-state index contributed by atoms with van der Waals surface area (Å²) in [4.78, 5) is 11.8. The molecule has 2 rings (SSSR count). The molecule has 0 aliphatic carbocycles. The first-order valence-corrected chi connectivity index (χ1v) is 8.29. The van der Waals surface area contributed by atoms with Gasteiger partial charge in [0.25, 0.3) is 0 Å². The van der Waals surface area contributed by atoms with Gasteiger partial charge in [-0.1, -0.05) is 44.2 Å². The van der Waals surface area contributed by atoms with E-state index in [4.69, 9.17) is 4.74 Å². The lowest BCUT2D eigenvalue weighted by molar-refractivity contribution is -0.121. The molecule has 0 atom stereocenters. The number of carbonyl (C=O) groups is 1. The summed E-state index contributed by atoms with van der Waals surface area (Å²) in [6.45, 7) is 5.15. The van der Waals surface area contributed by atoms with Crippen LogP contribution in [0.4, 0.5) is 4.39 Å². The summed E-state index contributed by atoms with van der Waals surface area (Å²) in [5.74, 6) is 0.974. The Kier molecular flexibility index (Phi) is 6.79. The van der Waals surface area contributed by atoms with Gasteiger partial charge in [0.15, 0.2) is 0 Å². The van der Waals surface area contributed by atoms with Crippen LogP contribution in [0.1, 0.15) is 37.3 Å². The van der Waals surface area contributed by atoms with Gasteiger partial charge in [0, 0.05) is 6.42 Å². The number of hydrogen-bond donors (Lipinski definition) is 1. The van der Waals surface area contributed by atoms with Gasteiger partial charge in [0.2, 0.25) is 5.91 Å². The summed E-state index contributed by atoms with van der Waals surface area (Å²) in [6.07, 6.45) is 0.983. The smallest absolute Gasteiger partial charge is 0.220 e. The Morgan fingerprint density at radius 1 is 1.12 bits per heavy atom. The van der Waals surface area contributed by atoms with Crippen LogP contribution in [0.15, 0.2) is 48.5 Å². The number of halogens is 1. The van der Waals surface area contributed by atoms with Crippen molar-refractivity contribution in [3.8, 4) is 5.75 Å². The molecule has 0 fully saturated rings. The maximum Gasteiger partial charge on any atom is 0.220 e. The molecule has 24 heavy (non-hydrogen) atoms. The largest absolute Gasteiger partial charge is 0.491 e. The first kappa shape index (κ1) is 18.0. The predicted molar refractivity (Wildman–Crippen MR) is 93.8 cm³/mol. The van der Waals surface area contributed by atoms with Crippen LogP contribution < -0.4 is 10.1 Å². The Balaban J connectivity index is 1.69. The van der Waals surface area contributed by atoms with E-state index in [1.807, 2.05) is 18.2 Å². The highest BCUT2D eigenvalue weighted by atomic mass is 19.1. The van der Waals surface area contributed by atoms with E-state index >= 15 is 0 Å². The van der Waals surface area contributed by atoms with Gasteiger partial charge < -0.3 is 10.1 Å². The molecule has 0 radical (unpaired) electrons. The maximum absolute atomic E-state index is 12.8. The SMILES string of the molecule is CC(C)c1ccccc1OCCNC(=O)CCc1ccc(F)cc1. The van der Waals surface area contributed by atoms with Gasteiger partial charge in [-0.2, -0.15) is 0 Å². The zero-order chi connectivity index (χ0) is 17.4. The molecule has 0 saturated heterocycles. The average Bonchev–Trinajstić information content (AvgIpc) is 2.58. The molecule has 0 aromatic heterocycles. The van der Waals surface area contributed by atoms with Crippen molar-refractivity contribution in [3.63, 3.8) is 0 Å². The molecule has 0 spiro atoms. The Morgan fingerprint density at radius 2 is 1.83 bits per heavy atom. The number of amides is 1. The molecule has 128 valence electrons. The fourth-order valence-electron chi connectivity index (χ4n) is 2.44. The summed E-state index contributed by atoms with van der Waals surface area (Å²) < 4.78 is 18.6. The standard InChI is InChI=1S/C20H24FNO2/c1-15(2)18-5-3-4-6-19(18)24-14-13-22-20(23)12-9-16-7-10-17(21)11-8-16/h3-8,10-11,15H,9,12-14H2,1-2H3,(H,22,23). The summed E-state index contributed by atoms with van der Waals surface area (Å²) in [5.41, 5.74) is 2.12. The van der Waals surface area contributed by atoms with E-state index in [-0.39, 0.29) is 11.7 Å². The van der Waals surface area contributed by atoms with E-state index in [0.29, 0.717) is 31.9 Å². The minimum absolute atomic E-state index is 0.0277. The lowest BCUT2D eigenvalue weighted by atomic mass is 10.0. The van der Waals surface area contributed by atoms with E-state index in [9.17, 15) is 9.18 Å². The van der Waals surface area contributed by atoms with Crippen molar-refractivity contribution in [3.05, 3.63) is 65.5 Å². The number of ether oxygens (including phenoxy) is 1. The number of rotatable bonds is 8. The fourth-order valence-corrected chi connectivity index (χ4v) is 2.44. The zero-order valence-corrected chi connectivity index (χ0v) is 14.2. The maximum atomic E-state index is 12.8. The van der Waals surface area contributed by atoms with E-state index in [2.05, 4.69) is 25.2 Å². The lowest BCUT2D eigenvalue weighted by Crippen LogP contribution is -2.28.